The molecule has 0 aliphatic carbocycles. The zero-order chi connectivity index (χ0) is 54.1. The largest absolute Gasteiger partial charge is 0.0622 e. The predicted octanol–water partition coefficient (Wildman–Crippen LogP) is 23.1. The number of hydrogen-bond donors (Lipinski definition) is 0. The van der Waals surface area contributed by atoms with Crippen molar-refractivity contribution in [3.63, 3.8) is 0 Å². The van der Waals surface area contributed by atoms with Gasteiger partial charge < -0.3 is 0 Å². The Balaban J connectivity index is 0.893. The first-order valence-electron chi connectivity index (χ1n) is 28.5. The third kappa shape index (κ3) is 7.83. The van der Waals surface area contributed by atoms with E-state index in [1.165, 1.54) is 164 Å². The molecule has 0 N–H and O–H groups in total. The first-order valence-corrected chi connectivity index (χ1v) is 28.5. The van der Waals surface area contributed by atoms with Gasteiger partial charge in [0.15, 0.2) is 0 Å². The van der Waals surface area contributed by atoms with Crippen molar-refractivity contribution in [2.45, 2.75) is 0 Å². The Bertz CT molecular complexity index is 4730. The molecule has 16 aromatic rings. The van der Waals surface area contributed by atoms with Crippen molar-refractivity contribution in [2.24, 2.45) is 0 Å². The second kappa shape index (κ2) is 19.6. The SMILES string of the molecule is c1ccc(-c2ccc(-c3cccc(-c4c5ccccc5c(-c5cc6cc(-c7c8ccccc8c(-c8cccc(-c9ccc(-c%10ccccc%10)cc9)c8)c8ccccc78)c7ccccc7c6c6ccccc56)c5ccccc45)c3)cc2)cc1. The minimum absolute atomic E-state index is 1.20. The van der Waals surface area contributed by atoms with Crippen LogP contribution in [-0.4, -0.2) is 0 Å². The van der Waals surface area contributed by atoms with Crippen LogP contribution in [0.25, 0.3) is 164 Å². The number of fused-ring (bicyclic) bond motifs is 9. The van der Waals surface area contributed by atoms with Crippen molar-refractivity contribution < 1.29 is 0 Å². The quantitative estimate of drug-likeness (QED) is 0.105. The topological polar surface area (TPSA) is 0 Å². The molecule has 0 unspecified atom stereocenters. The predicted molar refractivity (Wildman–Crippen MR) is 352 cm³/mol. The van der Waals surface area contributed by atoms with E-state index in [2.05, 4.69) is 315 Å². The lowest BCUT2D eigenvalue weighted by Crippen LogP contribution is -1.94. The minimum atomic E-state index is 1.20. The average Bonchev–Trinajstić information content (AvgIpc) is 3.01. The summed E-state index contributed by atoms with van der Waals surface area (Å²) in [4.78, 5) is 0. The minimum Gasteiger partial charge on any atom is -0.0622 e. The van der Waals surface area contributed by atoms with Crippen LogP contribution in [-0.2, 0) is 0 Å². The van der Waals surface area contributed by atoms with Gasteiger partial charge in [-0.1, -0.05) is 291 Å². The lowest BCUT2D eigenvalue weighted by atomic mass is 9.81. The first-order chi connectivity index (χ1) is 40.7. The Kier molecular flexibility index (Phi) is 11.3. The Labute approximate surface area is 477 Å². The van der Waals surface area contributed by atoms with Gasteiger partial charge in [-0.15, -0.1) is 0 Å². The fourth-order valence-electron chi connectivity index (χ4n) is 13.5. The van der Waals surface area contributed by atoms with E-state index in [4.69, 9.17) is 0 Å². The van der Waals surface area contributed by atoms with Gasteiger partial charge in [-0.3, -0.25) is 0 Å². The zero-order valence-corrected chi connectivity index (χ0v) is 45.0. The lowest BCUT2D eigenvalue weighted by Gasteiger charge is -2.22. The summed E-state index contributed by atoms with van der Waals surface area (Å²) in [5.41, 5.74) is 19.6. The van der Waals surface area contributed by atoms with Crippen LogP contribution >= 0.6 is 0 Å². The highest BCUT2D eigenvalue weighted by Crippen LogP contribution is 2.51. The van der Waals surface area contributed by atoms with Crippen LogP contribution in [0.5, 0.6) is 0 Å². The van der Waals surface area contributed by atoms with E-state index < -0.39 is 0 Å². The molecule has 0 fully saturated rings. The fourth-order valence-corrected chi connectivity index (χ4v) is 13.5. The average molecular weight is 1040 g/mol. The van der Waals surface area contributed by atoms with Crippen molar-refractivity contribution in [1.82, 2.24) is 0 Å². The molecule has 0 nitrogen and oxygen atoms in total. The Morgan fingerprint density at radius 2 is 0.366 bits per heavy atom. The third-order valence-corrected chi connectivity index (χ3v) is 17.2. The molecule has 16 aromatic carbocycles. The maximum Gasteiger partial charge on any atom is -0.00199 e. The standard InChI is InChI=1S/C82H52/c1-3-21-53(22-4-1)55-41-45-57(46-42-55)59-25-19-27-61(49-59)78-68-33-11-15-37-72(68)81(73-38-16-12-34-69(73)78)76-51-63-52-77(65-30-8-10-32-67(65)80(63)66-31-9-7-29-64(66)76)82-74-39-17-13-35-70(74)79(71-36-14-18-40-75(71)82)62-28-20-26-60(50-62)58-47-43-56(44-48-58)54-23-5-2-6-24-54/h1-52H. The van der Waals surface area contributed by atoms with Crippen molar-refractivity contribution in [3.8, 4) is 89.0 Å². The fraction of sp³-hybridized carbons (Fsp3) is 0. The van der Waals surface area contributed by atoms with Gasteiger partial charge >= 0.3 is 0 Å². The molecule has 0 aromatic heterocycles. The summed E-state index contributed by atoms with van der Waals surface area (Å²) in [6.45, 7) is 0. The number of benzene rings is 16. The molecule has 82 heavy (non-hydrogen) atoms. The van der Waals surface area contributed by atoms with Gasteiger partial charge in [-0.2, -0.15) is 0 Å². The smallest absolute Gasteiger partial charge is 0.00199 e. The van der Waals surface area contributed by atoms with Crippen LogP contribution in [0, 0.1) is 0 Å². The molecule has 0 aliphatic rings. The molecule has 0 aliphatic heterocycles. The monoisotopic (exact) mass is 1040 g/mol. The van der Waals surface area contributed by atoms with E-state index in [0.717, 1.165) is 0 Å². The third-order valence-electron chi connectivity index (χ3n) is 17.2. The van der Waals surface area contributed by atoms with E-state index in [9.17, 15) is 0 Å². The Morgan fingerprint density at radius 1 is 0.134 bits per heavy atom. The second-order valence-corrected chi connectivity index (χ2v) is 21.8. The van der Waals surface area contributed by atoms with Gasteiger partial charge in [-0.25, -0.2) is 0 Å². The summed E-state index contributed by atoms with van der Waals surface area (Å²) in [6, 6.07) is 117. The van der Waals surface area contributed by atoms with Crippen LogP contribution in [0.15, 0.2) is 315 Å². The second-order valence-electron chi connectivity index (χ2n) is 21.8. The van der Waals surface area contributed by atoms with Gasteiger partial charge in [0.05, 0.1) is 0 Å². The number of rotatable bonds is 8. The molecule has 0 spiro atoms. The van der Waals surface area contributed by atoms with Crippen molar-refractivity contribution in [2.75, 3.05) is 0 Å². The zero-order valence-electron chi connectivity index (χ0n) is 45.0. The van der Waals surface area contributed by atoms with Crippen LogP contribution in [0.2, 0.25) is 0 Å². The summed E-state index contributed by atoms with van der Waals surface area (Å²) >= 11 is 0. The van der Waals surface area contributed by atoms with Crippen molar-refractivity contribution in [1.29, 1.82) is 0 Å². The maximum atomic E-state index is 2.51. The van der Waals surface area contributed by atoms with Crippen molar-refractivity contribution in [3.05, 3.63) is 315 Å². The molecule has 0 bridgehead atoms. The molecule has 16 rings (SSSR count). The first kappa shape index (κ1) is 47.3. The number of hydrogen-bond acceptors (Lipinski definition) is 0. The molecular weight excluding hydrogens is 985 g/mol. The van der Waals surface area contributed by atoms with Gasteiger partial charge in [-0.05, 0) is 189 Å². The van der Waals surface area contributed by atoms with E-state index in [-0.39, 0.29) is 0 Å². The van der Waals surface area contributed by atoms with E-state index >= 15 is 0 Å². The normalized spacial score (nSPS) is 11.7. The molecular formula is C82H52. The van der Waals surface area contributed by atoms with Crippen LogP contribution in [0.3, 0.4) is 0 Å². The van der Waals surface area contributed by atoms with Gasteiger partial charge in [0.2, 0.25) is 0 Å². The van der Waals surface area contributed by atoms with Crippen LogP contribution in [0.1, 0.15) is 0 Å². The lowest BCUT2D eigenvalue weighted by molar-refractivity contribution is 1.59. The van der Waals surface area contributed by atoms with E-state index in [0.29, 0.717) is 0 Å². The van der Waals surface area contributed by atoms with Gasteiger partial charge in [0.25, 0.3) is 0 Å². The Morgan fingerprint density at radius 3 is 0.695 bits per heavy atom. The summed E-state index contributed by atoms with van der Waals surface area (Å²) in [5, 5.41) is 17.4. The highest BCUT2D eigenvalue weighted by atomic mass is 14.3. The molecule has 0 heterocycles. The van der Waals surface area contributed by atoms with Gasteiger partial charge in [0.1, 0.15) is 0 Å². The summed E-state index contributed by atoms with van der Waals surface area (Å²) in [7, 11) is 0. The molecule has 0 heteroatoms. The molecule has 0 saturated carbocycles. The van der Waals surface area contributed by atoms with E-state index in [1.54, 1.807) is 0 Å². The Hall–Kier alpha value is -10.7. The maximum absolute atomic E-state index is 2.51. The molecule has 0 radical (unpaired) electrons. The van der Waals surface area contributed by atoms with Gasteiger partial charge in [0, 0.05) is 0 Å². The highest BCUT2D eigenvalue weighted by molar-refractivity contribution is 6.32. The molecule has 0 saturated heterocycles. The molecule has 0 atom stereocenters. The van der Waals surface area contributed by atoms with Crippen LogP contribution < -0.4 is 0 Å². The molecule has 380 valence electrons. The summed E-state index contributed by atoms with van der Waals surface area (Å²) in [5.74, 6) is 0. The summed E-state index contributed by atoms with van der Waals surface area (Å²) in [6.07, 6.45) is 0. The van der Waals surface area contributed by atoms with Crippen molar-refractivity contribution >= 4 is 75.4 Å². The van der Waals surface area contributed by atoms with E-state index in [1.807, 2.05) is 0 Å². The van der Waals surface area contributed by atoms with Crippen LogP contribution in [0.4, 0.5) is 0 Å². The highest BCUT2D eigenvalue weighted by Gasteiger charge is 2.23. The molecule has 0 amide bonds. The summed E-state index contributed by atoms with van der Waals surface area (Å²) < 4.78 is 0.